The lowest BCUT2D eigenvalue weighted by Gasteiger charge is -2.27. The van der Waals surface area contributed by atoms with Crippen LogP contribution in [-0.4, -0.2) is 9.97 Å². The molecule has 0 saturated heterocycles. The molecule has 0 radical (unpaired) electrons. The lowest BCUT2D eigenvalue weighted by molar-refractivity contribution is 0.397. The summed E-state index contributed by atoms with van der Waals surface area (Å²) in [7, 11) is 0. The summed E-state index contributed by atoms with van der Waals surface area (Å²) in [5, 5.41) is 22.4. The molecule has 0 bridgehead atoms. The minimum atomic E-state index is -0.303. The van der Waals surface area contributed by atoms with Crippen LogP contribution in [0.2, 0.25) is 10.0 Å². The Morgan fingerprint density at radius 2 is 0.958 bits per heavy atom. The van der Waals surface area contributed by atoms with Gasteiger partial charge in [-0.05, 0) is 47.5 Å². The molecule has 4 aromatic carbocycles. The molecule has 2 aliphatic rings. The molecule has 4 N–H and O–H groups in total. The Kier molecular flexibility index (Phi) is 8.04. The van der Waals surface area contributed by atoms with Gasteiger partial charge in [-0.25, -0.2) is 0 Å². The van der Waals surface area contributed by atoms with Gasteiger partial charge < -0.3 is 20.9 Å². The van der Waals surface area contributed by atoms with Crippen LogP contribution in [0.5, 0.6) is 11.5 Å². The number of nitrogens with zero attached hydrogens (tertiary/aromatic N) is 4. The molecule has 232 valence electrons. The van der Waals surface area contributed by atoms with Crippen molar-refractivity contribution >= 4 is 45.0 Å². The molecule has 0 fully saturated rings. The van der Waals surface area contributed by atoms with Gasteiger partial charge in [0, 0.05) is 44.3 Å². The van der Waals surface area contributed by atoms with E-state index in [1.165, 1.54) is 0 Å². The van der Waals surface area contributed by atoms with E-state index in [4.69, 9.17) is 44.1 Å². The topological polar surface area (TPSA) is 144 Å². The van der Waals surface area contributed by atoms with E-state index >= 15 is 0 Å². The van der Waals surface area contributed by atoms with Crippen LogP contribution in [0.1, 0.15) is 34.1 Å². The predicted octanol–water partition coefficient (Wildman–Crippen LogP) is 8.21. The molecule has 6 aromatic rings. The summed E-state index contributed by atoms with van der Waals surface area (Å²) in [6, 6.07) is 34.7. The first kappa shape index (κ1) is 30.6. The van der Waals surface area contributed by atoms with Crippen LogP contribution in [0.25, 0.3) is 21.8 Å². The fraction of sp³-hybridized carbons (Fsp3) is 0.0526. The number of benzene rings is 4. The first-order valence-electron chi connectivity index (χ1n) is 14.8. The molecular weight excluding hydrogens is 643 g/mol. The van der Waals surface area contributed by atoms with Crippen molar-refractivity contribution in [3.8, 4) is 23.6 Å². The molecule has 4 heterocycles. The van der Waals surface area contributed by atoms with Crippen molar-refractivity contribution in [2.75, 3.05) is 0 Å². The van der Waals surface area contributed by atoms with Crippen LogP contribution >= 0.6 is 23.2 Å². The fourth-order valence-corrected chi connectivity index (χ4v) is 6.36. The first-order valence-corrected chi connectivity index (χ1v) is 15.5. The molecule has 0 amide bonds. The Balaban J connectivity index is 0.000000152. The van der Waals surface area contributed by atoms with Crippen LogP contribution in [0.15, 0.2) is 132 Å². The van der Waals surface area contributed by atoms with Gasteiger partial charge in [0.05, 0.1) is 11.8 Å². The van der Waals surface area contributed by atoms with Crippen LogP contribution < -0.4 is 20.9 Å². The number of hydrogen-bond acceptors (Lipinski definition) is 8. The smallest absolute Gasteiger partial charge is 0.205 e. The number of rotatable bonds is 2. The molecule has 8 nitrogen and oxygen atoms in total. The van der Waals surface area contributed by atoms with Gasteiger partial charge in [-0.2, -0.15) is 10.5 Å². The average Bonchev–Trinajstić information content (AvgIpc) is 3.11. The molecule has 0 aliphatic carbocycles. The van der Waals surface area contributed by atoms with Crippen LogP contribution in [-0.2, 0) is 0 Å². The van der Waals surface area contributed by atoms with E-state index in [-0.39, 0.29) is 23.6 Å². The number of aromatic nitrogens is 2. The highest BCUT2D eigenvalue weighted by Crippen LogP contribution is 2.46. The Bertz CT molecular complexity index is 2210. The zero-order chi connectivity index (χ0) is 33.4. The van der Waals surface area contributed by atoms with E-state index in [1.54, 1.807) is 36.7 Å². The van der Waals surface area contributed by atoms with E-state index in [9.17, 15) is 10.5 Å². The predicted molar refractivity (Wildman–Crippen MR) is 185 cm³/mol. The number of ether oxygens (including phenoxy) is 2. The molecule has 10 heteroatoms. The number of hydrogen-bond donors (Lipinski definition) is 2. The summed E-state index contributed by atoms with van der Waals surface area (Å²) in [6.45, 7) is 0. The van der Waals surface area contributed by atoms with E-state index in [0.717, 1.165) is 44.1 Å². The van der Waals surface area contributed by atoms with Crippen molar-refractivity contribution in [2.24, 2.45) is 11.5 Å². The maximum Gasteiger partial charge on any atom is 0.205 e. The molecule has 0 saturated carbocycles. The molecule has 0 spiro atoms. The highest BCUT2D eigenvalue weighted by atomic mass is 35.5. The summed E-state index contributed by atoms with van der Waals surface area (Å²) in [5.74, 6) is 0.824. The molecule has 48 heavy (non-hydrogen) atoms. The number of allylic oxidation sites excluding steroid dienone is 2. The summed E-state index contributed by atoms with van der Waals surface area (Å²) in [4.78, 5) is 8.83. The third kappa shape index (κ3) is 5.40. The van der Waals surface area contributed by atoms with Gasteiger partial charge in [-0.3, -0.25) is 9.97 Å². The quantitative estimate of drug-likeness (QED) is 0.188. The maximum atomic E-state index is 9.58. The summed E-state index contributed by atoms with van der Waals surface area (Å²) in [6.07, 6.45) is 3.42. The Morgan fingerprint density at radius 1 is 0.562 bits per heavy atom. The largest absolute Gasteiger partial charge is 0.438 e. The normalized spacial score (nSPS) is 16.4. The Hall–Kier alpha value is -6.06. The molecular formula is C38H24Cl2N6O2. The Morgan fingerprint density at radius 3 is 1.33 bits per heavy atom. The SMILES string of the molecule is N#CC1=C(N)Oc2c(ccc3cccnc23)[C@@H]1c1ccc(Cl)cc1.N#CC1=C(N)Oc2c(ccc3cccnc23)[C@H]1c1ccc(Cl)cc1. The van der Waals surface area contributed by atoms with Crippen molar-refractivity contribution in [3.63, 3.8) is 0 Å². The zero-order valence-electron chi connectivity index (χ0n) is 25.1. The van der Waals surface area contributed by atoms with Gasteiger partial charge in [-0.15, -0.1) is 0 Å². The molecule has 0 unspecified atom stereocenters. The highest BCUT2D eigenvalue weighted by Gasteiger charge is 2.33. The van der Waals surface area contributed by atoms with E-state index in [1.807, 2.05) is 72.8 Å². The van der Waals surface area contributed by atoms with Gasteiger partial charge in [0.1, 0.15) is 34.3 Å². The lowest BCUT2D eigenvalue weighted by Crippen LogP contribution is -2.21. The number of nitriles is 2. The third-order valence-electron chi connectivity index (χ3n) is 8.32. The van der Waals surface area contributed by atoms with Crippen molar-refractivity contribution < 1.29 is 9.47 Å². The number of halogens is 2. The minimum Gasteiger partial charge on any atom is -0.438 e. The highest BCUT2D eigenvalue weighted by molar-refractivity contribution is 6.30. The number of fused-ring (bicyclic) bond motifs is 6. The molecule has 8 rings (SSSR count). The van der Waals surface area contributed by atoms with Crippen molar-refractivity contribution in [2.45, 2.75) is 11.8 Å². The van der Waals surface area contributed by atoms with Gasteiger partial charge in [0.25, 0.3) is 0 Å². The monoisotopic (exact) mass is 666 g/mol. The second-order valence-electron chi connectivity index (χ2n) is 11.1. The summed E-state index contributed by atoms with van der Waals surface area (Å²) >= 11 is 12.0. The van der Waals surface area contributed by atoms with Gasteiger partial charge in [0.15, 0.2) is 11.5 Å². The molecule has 2 atom stereocenters. The lowest BCUT2D eigenvalue weighted by atomic mass is 9.83. The minimum absolute atomic E-state index is 0.114. The fourth-order valence-electron chi connectivity index (χ4n) is 6.10. The van der Waals surface area contributed by atoms with Gasteiger partial charge >= 0.3 is 0 Å². The van der Waals surface area contributed by atoms with Crippen molar-refractivity contribution in [1.29, 1.82) is 10.5 Å². The van der Waals surface area contributed by atoms with Crippen LogP contribution in [0.3, 0.4) is 0 Å². The van der Waals surface area contributed by atoms with E-state index in [0.29, 0.717) is 32.7 Å². The third-order valence-corrected chi connectivity index (χ3v) is 8.82. The first-order chi connectivity index (χ1) is 23.4. The van der Waals surface area contributed by atoms with E-state index in [2.05, 4.69) is 22.1 Å². The van der Waals surface area contributed by atoms with Gasteiger partial charge in [-0.1, -0.05) is 83.9 Å². The second kappa shape index (κ2) is 12.6. The average molecular weight is 668 g/mol. The number of nitrogens with two attached hydrogens (primary N) is 2. The molecule has 2 aliphatic heterocycles. The summed E-state index contributed by atoms with van der Waals surface area (Å²) < 4.78 is 11.5. The zero-order valence-corrected chi connectivity index (χ0v) is 26.6. The standard InChI is InChI=1S/2C19H12ClN3O/c2*20-13-6-3-11(4-7-13)16-14-8-5-12-2-1-9-23-17(12)18(14)24-19(22)15(16)10-21/h2*1-9,16H,22H2/t2*16-/m10/s1. The summed E-state index contributed by atoms with van der Waals surface area (Å²) in [5.41, 5.74) is 17.9. The Labute approximate surface area is 285 Å². The second-order valence-corrected chi connectivity index (χ2v) is 11.9. The number of pyridine rings is 2. The van der Waals surface area contributed by atoms with Crippen LogP contribution in [0, 0.1) is 22.7 Å². The molecule has 2 aromatic heterocycles. The van der Waals surface area contributed by atoms with E-state index < -0.39 is 0 Å². The van der Waals surface area contributed by atoms with Crippen LogP contribution in [0.4, 0.5) is 0 Å². The van der Waals surface area contributed by atoms with Crippen molar-refractivity contribution in [3.05, 3.63) is 165 Å². The van der Waals surface area contributed by atoms with Gasteiger partial charge in [0.2, 0.25) is 11.8 Å². The van der Waals surface area contributed by atoms with Crippen molar-refractivity contribution in [1.82, 2.24) is 9.97 Å². The maximum absolute atomic E-state index is 9.58.